The summed E-state index contributed by atoms with van der Waals surface area (Å²) < 4.78 is 25.9. The van der Waals surface area contributed by atoms with Crippen molar-refractivity contribution in [1.82, 2.24) is 9.62 Å². The van der Waals surface area contributed by atoms with E-state index < -0.39 is 10.0 Å². The monoisotopic (exact) mass is 446 g/mol. The van der Waals surface area contributed by atoms with Crippen LogP contribution in [0.15, 0.2) is 26.7 Å². The Morgan fingerprint density at radius 3 is 2.57 bits per heavy atom. The SMILES string of the molecule is CN(CCN=C(N)NC(C)(C)C)S(=O)(=O)c1cccs1.I. The molecular formula is C12H23IN4O2S2. The van der Waals surface area contributed by atoms with Crippen LogP contribution < -0.4 is 11.1 Å². The van der Waals surface area contributed by atoms with Gasteiger partial charge in [-0.2, -0.15) is 4.31 Å². The van der Waals surface area contributed by atoms with Gasteiger partial charge in [-0.05, 0) is 32.2 Å². The lowest BCUT2D eigenvalue weighted by molar-refractivity contribution is 0.476. The number of nitrogens with one attached hydrogen (secondary N) is 1. The molecule has 0 spiro atoms. The summed E-state index contributed by atoms with van der Waals surface area (Å²) in [7, 11) is -1.87. The topological polar surface area (TPSA) is 87.8 Å². The fraction of sp³-hybridized carbons (Fsp3) is 0.583. The number of rotatable bonds is 5. The fourth-order valence-corrected chi connectivity index (χ4v) is 3.78. The molecule has 0 aliphatic carbocycles. The standard InChI is InChI=1S/C12H22N4O2S2.HI/c1-12(2,3)15-11(13)14-7-8-16(4)20(17,18)10-6-5-9-19-10;/h5-6,9H,7-8H2,1-4H3,(H3,13,14,15);1H. The third kappa shape index (κ3) is 6.94. The lowest BCUT2D eigenvalue weighted by atomic mass is 10.1. The van der Waals surface area contributed by atoms with Crippen LogP contribution in [0.1, 0.15) is 20.8 Å². The molecule has 0 bridgehead atoms. The Morgan fingerprint density at radius 1 is 1.48 bits per heavy atom. The maximum Gasteiger partial charge on any atom is 0.252 e. The zero-order chi connectivity index (χ0) is 15.4. The molecular weight excluding hydrogens is 423 g/mol. The molecule has 0 saturated carbocycles. The highest BCUT2D eigenvalue weighted by Crippen LogP contribution is 2.19. The van der Waals surface area contributed by atoms with Gasteiger partial charge < -0.3 is 11.1 Å². The number of thiophene rings is 1. The van der Waals surface area contributed by atoms with E-state index >= 15 is 0 Å². The summed E-state index contributed by atoms with van der Waals surface area (Å²) >= 11 is 1.20. The zero-order valence-corrected chi connectivity index (χ0v) is 16.6. The smallest absolute Gasteiger partial charge is 0.252 e. The molecule has 1 aromatic rings. The zero-order valence-electron chi connectivity index (χ0n) is 12.7. The quantitative estimate of drug-likeness (QED) is 0.410. The van der Waals surface area contributed by atoms with Gasteiger partial charge in [-0.25, -0.2) is 8.42 Å². The molecule has 6 nitrogen and oxygen atoms in total. The number of sulfonamides is 1. The van der Waals surface area contributed by atoms with Crippen LogP contribution in [0.3, 0.4) is 0 Å². The molecule has 0 atom stereocenters. The summed E-state index contributed by atoms with van der Waals surface area (Å²) in [5.74, 6) is 0.319. The van der Waals surface area contributed by atoms with Crippen LogP contribution in [0, 0.1) is 0 Å². The molecule has 3 N–H and O–H groups in total. The van der Waals surface area contributed by atoms with E-state index in [-0.39, 0.29) is 36.1 Å². The lowest BCUT2D eigenvalue weighted by Crippen LogP contribution is -2.45. The molecule has 0 fully saturated rings. The average molecular weight is 446 g/mol. The van der Waals surface area contributed by atoms with Gasteiger partial charge in [-0.15, -0.1) is 35.3 Å². The Morgan fingerprint density at radius 2 is 2.10 bits per heavy atom. The molecule has 1 heterocycles. The molecule has 0 saturated heterocycles. The first-order valence-corrected chi connectivity index (χ1v) is 8.53. The van der Waals surface area contributed by atoms with Crippen molar-refractivity contribution >= 4 is 51.3 Å². The number of nitrogens with zero attached hydrogens (tertiary/aromatic N) is 2. The predicted molar refractivity (Wildman–Crippen MR) is 98.9 cm³/mol. The second-order valence-electron chi connectivity index (χ2n) is 5.40. The number of hydrogen-bond donors (Lipinski definition) is 2. The molecule has 0 unspecified atom stereocenters. The van der Waals surface area contributed by atoms with Crippen molar-refractivity contribution in [2.24, 2.45) is 10.7 Å². The molecule has 0 aromatic carbocycles. The molecule has 122 valence electrons. The molecule has 0 aliphatic heterocycles. The number of likely N-dealkylation sites (N-methyl/N-ethyl adjacent to an activating group) is 1. The van der Waals surface area contributed by atoms with Crippen molar-refractivity contribution in [2.75, 3.05) is 20.1 Å². The molecule has 0 radical (unpaired) electrons. The Kier molecular flexibility index (Phi) is 8.14. The van der Waals surface area contributed by atoms with Gasteiger partial charge in [0.15, 0.2) is 5.96 Å². The van der Waals surface area contributed by atoms with Crippen LogP contribution in [-0.4, -0.2) is 44.4 Å². The lowest BCUT2D eigenvalue weighted by Gasteiger charge is -2.21. The van der Waals surface area contributed by atoms with Crippen LogP contribution in [0.2, 0.25) is 0 Å². The summed E-state index contributed by atoms with van der Waals surface area (Å²) in [6.07, 6.45) is 0. The van der Waals surface area contributed by atoms with Crippen molar-refractivity contribution in [3.8, 4) is 0 Å². The van der Waals surface area contributed by atoms with Gasteiger partial charge in [0.05, 0.1) is 6.54 Å². The summed E-state index contributed by atoms with van der Waals surface area (Å²) in [6, 6.07) is 3.31. The van der Waals surface area contributed by atoms with Crippen LogP contribution in [0.4, 0.5) is 0 Å². The first-order valence-electron chi connectivity index (χ1n) is 6.21. The van der Waals surface area contributed by atoms with Crippen molar-refractivity contribution in [1.29, 1.82) is 0 Å². The van der Waals surface area contributed by atoms with E-state index in [1.807, 2.05) is 20.8 Å². The number of halogens is 1. The first-order chi connectivity index (χ1) is 9.13. The highest BCUT2D eigenvalue weighted by atomic mass is 127. The van der Waals surface area contributed by atoms with Crippen molar-refractivity contribution in [3.63, 3.8) is 0 Å². The number of nitrogens with two attached hydrogens (primary N) is 1. The second kappa shape index (κ2) is 8.30. The van der Waals surface area contributed by atoms with Gasteiger partial charge in [0, 0.05) is 19.1 Å². The first kappa shape index (κ1) is 20.6. The number of guanidine groups is 1. The highest BCUT2D eigenvalue weighted by Gasteiger charge is 2.21. The minimum atomic E-state index is -3.41. The van der Waals surface area contributed by atoms with Crippen LogP contribution >= 0.6 is 35.3 Å². The van der Waals surface area contributed by atoms with Crippen LogP contribution in [0.25, 0.3) is 0 Å². The molecule has 0 aliphatic rings. The molecule has 21 heavy (non-hydrogen) atoms. The molecule has 1 rings (SSSR count). The minimum absolute atomic E-state index is 0. The van der Waals surface area contributed by atoms with Gasteiger partial charge in [0.1, 0.15) is 4.21 Å². The minimum Gasteiger partial charge on any atom is -0.370 e. The van der Waals surface area contributed by atoms with E-state index in [0.29, 0.717) is 16.7 Å². The highest BCUT2D eigenvalue weighted by molar-refractivity contribution is 14.0. The number of hydrogen-bond acceptors (Lipinski definition) is 4. The van der Waals surface area contributed by atoms with Crippen molar-refractivity contribution in [3.05, 3.63) is 17.5 Å². The Labute approximate surface area is 147 Å². The summed E-state index contributed by atoms with van der Waals surface area (Å²) in [4.78, 5) is 4.12. The van der Waals surface area contributed by atoms with Gasteiger partial charge >= 0.3 is 0 Å². The van der Waals surface area contributed by atoms with Crippen molar-refractivity contribution < 1.29 is 8.42 Å². The van der Waals surface area contributed by atoms with E-state index in [1.165, 1.54) is 22.7 Å². The Balaban J connectivity index is 0.00000400. The maximum atomic E-state index is 12.1. The van der Waals surface area contributed by atoms with E-state index in [2.05, 4.69) is 10.3 Å². The maximum absolute atomic E-state index is 12.1. The van der Waals surface area contributed by atoms with Gasteiger partial charge in [-0.1, -0.05) is 6.07 Å². The largest absolute Gasteiger partial charge is 0.370 e. The third-order valence-corrected chi connectivity index (χ3v) is 5.59. The average Bonchev–Trinajstić information content (AvgIpc) is 2.79. The third-order valence-electron chi connectivity index (χ3n) is 2.36. The van der Waals surface area contributed by atoms with Crippen LogP contribution in [0.5, 0.6) is 0 Å². The molecule has 0 amide bonds. The predicted octanol–water partition coefficient (Wildman–Crippen LogP) is 1.69. The Bertz CT molecular complexity index is 550. The summed E-state index contributed by atoms with van der Waals surface area (Å²) in [5, 5.41) is 4.76. The van der Waals surface area contributed by atoms with E-state index in [0.717, 1.165) is 0 Å². The van der Waals surface area contributed by atoms with Gasteiger partial charge in [-0.3, -0.25) is 4.99 Å². The summed E-state index contributed by atoms with van der Waals surface area (Å²) in [5.41, 5.74) is 5.56. The molecule has 9 heteroatoms. The van der Waals surface area contributed by atoms with Crippen molar-refractivity contribution in [2.45, 2.75) is 30.5 Å². The van der Waals surface area contributed by atoms with E-state index in [9.17, 15) is 8.42 Å². The molecule has 1 aromatic heterocycles. The fourth-order valence-electron chi connectivity index (χ4n) is 1.42. The summed E-state index contributed by atoms with van der Waals surface area (Å²) in [6.45, 7) is 6.52. The van der Waals surface area contributed by atoms with Crippen LogP contribution in [-0.2, 0) is 10.0 Å². The van der Waals surface area contributed by atoms with E-state index in [1.54, 1.807) is 17.5 Å². The van der Waals surface area contributed by atoms with E-state index in [4.69, 9.17) is 5.73 Å². The van der Waals surface area contributed by atoms with Gasteiger partial charge in [0.2, 0.25) is 0 Å². The van der Waals surface area contributed by atoms with Gasteiger partial charge in [0.25, 0.3) is 10.0 Å². The normalized spacial score (nSPS) is 13.1. The number of aliphatic imine (C=N–C) groups is 1. The second-order valence-corrected chi connectivity index (χ2v) is 8.62. The Hall–Kier alpha value is -0.390.